The van der Waals surface area contributed by atoms with Gasteiger partial charge in [-0.05, 0) is 30.7 Å². The fourth-order valence-electron chi connectivity index (χ4n) is 2.02. The van der Waals surface area contributed by atoms with Gasteiger partial charge in [0.25, 0.3) is 5.91 Å². The number of hydrogen-bond acceptors (Lipinski definition) is 5. The van der Waals surface area contributed by atoms with Crippen molar-refractivity contribution >= 4 is 29.0 Å². The molecule has 0 spiro atoms. The van der Waals surface area contributed by atoms with Crippen LogP contribution >= 0.6 is 23.1 Å². The number of amides is 1. The first-order chi connectivity index (χ1) is 9.24. The fourth-order valence-corrected chi connectivity index (χ4v) is 4.29. The fraction of sp³-hybridized carbons (Fsp3) is 0.417. The molecule has 3 heterocycles. The van der Waals surface area contributed by atoms with Gasteiger partial charge < -0.3 is 5.32 Å². The van der Waals surface area contributed by atoms with Crippen LogP contribution in [0.1, 0.15) is 38.9 Å². The molecule has 5 nitrogen and oxygen atoms in total. The molecule has 2 N–H and O–H groups in total. The second-order valence-corrected chi connectivity index (χ2v) is 6.67. The number of carbonyl (C=O) groups excluding carboxylic acids is 1. The first-order valence-electron chi connectivity index (χ1n) is 6.09. The van der Waals surface area contributed by atoms with Gasteiger partial charge in [-0.2, -0.15) is 16.9 Å². The molecule has 1 aliphatic heterocycles. The summed E-state index contributed by atoms with van der Waals surface area (Å²) in [5, 5.41) is 9.49. The van der Waals surface area contributed by atoms with Crippen LogP contribution in [-0.2, 0) is 12.2 Å². The van der Waals surface area contributed by atoms with Crippen LogP contribution < -0.4 is 5.32 Å². The monoisotopic (exact) mass is 294 g/mol. The summed E-state index contributed by atoms with van der Waals surface area (Å²) in [7, 11) is 0. The smallest absolute Gasteiger partial charge is 0.261 e. The number of thioether (sulfide) groups is 1. The molecule has 7 heteroatoms. The number of nitrogens with one attached hydrogen (secondary N) is 2. The molecule has 100 valence electrons. The van der Waals surface area contributed by atoms with Crippen LogP contribution in [0.5, 0.6) is 0 Å². The van der Waals surface area contributed by atoms with Crippen LogP contribution in [0, 0.1) is 0 Å². The molecule has 1 atom stereocenters. The van der Waals surface area contributed by atoms with E-state index in [0.717, 1.165) is 22.8 Å². The second-order valence-electron chi connectivity index (χ2n) is 4.43. The Morgan fingerprint density at radius 3 is 3.21 bits per heavy atom. The highest BCUT2D eigenvalue weighted by Crippen LogP contribution is 2.31. The Balaban J connectivity index is 1.72. The van der Waals surface area contributed by atoms with Gasteiger partial charge in [-0.3, -0.25) is 9.89 Å². The molecule has 19 heavy (non-hydrogen) atoms. The zero-order chi connectivity index (χ0) is 13.2. The summed E-state index contributed by atoms with van der Waals surface area (Å²) in [6.07, 6.45) is 2.52. The number of aryl methyl sites for hydroxylation is 1. The number of nitrogens with zero attached hydrogens (tertiary/aromatic N) is 2. The molecule has 0 aromatic carbocycles. The van der Waals surface area contributed by atoms with Gasteiger partial charge in [-0.15, -0.1) is 11.3 Å². The average Bonchev–Trinajstić information content (AvgIpc) is 3.07. The Hall–Kier alpha value is -1.34. The van der Waals surface area contributed by atoms with Crippen LogP contribution in [0.25, 0.3) is 0 Å². The predicted molar refractivity (Wildman–Crippen MR) is 76.4 cm³/mol. The van der Waals surface area contributed by atoms with Crippen molar-refractivity contribution in [3.63, 3.8) is 0 Å². The van der Waals surface area contributed by atoms with Crippen molar-refractivity contribution in [3.05, 3.63) is 33.5 Å². The van der Waals surface area contributed by atoms with Gasteiger partial charge in [0, 0.05) is 10.6 Å². The van der Waals surface area contributed by atoms with Gasteiger partial charge >= 0.3 is 0 Å². The van der Waals surface area contributed by atoms with E-state index in [-0.39, 0.29) is 11.9 Å². The SMILES string of the molecule is CC(NC(=O)c1cc2c(s1)CCSC2)c1ncn[nH]1. The zero-order valence-electron chi connectivity index (χ0n) is 10.5. The van der Waals surface area contributed by atoms with Gasteiger partial charge in [-0.1, -0.05) is 0 Å². The largest absolute Gasteiger partial charge is 0.342 e. The van der Waals surface area contributed by atoms with E-state index in [2.05, 4.69) is 20.5 Å². The maximum atomic E-state index is 12.2. The summed E-state index contributed by atoms with van der Waals surface area (Å²) >= 11 is 3.54. The summed E-state index contributed by atoms with van der Waals surface area (Å²) in [6.45, 7) is 1.89. The standard InChI is InChI=1S/C12H14N4OS2/c1-7(11-13-6-14-16-11)15-12(17)10-4-8-5-18-3-2-9(8)19-10/h4,6-7H,2-3,5H2,1H3,(H,15,17)(H,13,14,16). The molecule has 1 unspecified atom stereocenters. The normalized spacial score (nSPS) is 15.8. The lowest BCUT2D eigenvalue weighted by atomic mass is 10.2. The number of hydrogen-bond donors (Lipinski definition) is 2. The summed E-state index contributed by atoms with van der Waals surface area (Å²) in [6, 6.07) is 1.86. The topological polar surface area (TPSA) is 70.7 Å². The minimum absolute atomic E-state index is 0.0340. The lowest BCUT2D eigenvalue weighted by Crippen LogP contribution is -2.26. The van der Waals surface area contributed by atoms with Crippen LogP contribution in [0.15, 0.2) is 12.4 Å². The molecule has 2 aromatic heterocycles. The van der Waals surface area contributed by atoms with E-state index in [9.17, 15) is 4.79 Å². The van der Waals surface area contributed by atoms with E-state index in [1.54, 1.807) is 11.3 Å². The van der Waals surface area contributed by atoms with Crippen molar-refractivity contribution in [1.82, 2.24) is 20.5 Å². The van der Waals surface area contributed by atoms with Crippen LogP contribution in [0.4, 0.5) is 0 Å². The predicted octanol–water partition coefficient (Wildman–Crippen LogP) is 2.15. The number of carbonyl (C=O) groups is 1. The van der Waals surface area contributed by atoms with Crippen molar-refractivity contribution in [2.24, 2.45) is 0 Å². The lowest BCUT2D eigenvalue weighted by molar-refractivity contribution is 0.0942. The molecule has 1 aliphatic rings. The first kappa shape index (κ1) is 12.7. The maximum absolute atomic E-state index is 12.2. The van der Waals surface area contributed by atoms with E-state index < -0.39 is 0 Å². The number of thiophene rings is 1. The summed E-state index contributed by atoms with van der Waals surface area (Å²) < 4.78 is 0. The Bertz CT molecular complexity index is 555. The Labute approximate surface area is 119 Å². The molecule has 2 aromatic rings. The van der Waals surface area contributed by atoms with E-state index in [1.165, 1.54) is 16.8 Å². The van der Waals surface area contributed by atoms with E-state index in [0.29, 0.717) is 5.82 Å². The highest BCUT2D eigenvalue weighted by atomic mass is 32.2. The molecule has 0 saturated carbocycles. The second kappa shape index (κ2) is 5.34. The third kappa shape index (κ3) is 2.66. The summed E-state index contributed by atoms with van der Waals surface area (Å²) in [5.74, 6) is 2.82. The third-order valence-electron chi connectivity index (χ3n) is 3.04. The molecule has 3 rings (SSSR count). The Morgan fingerprint density at radius 2 is 2.47 bits per heavy atom. The number of aromatic amines is 1. The van der Waals surface area contributed by atoms with E-state index >= 15 is 0 Å². The molecule has 0 radical (unpaired) electrons. The van der Waals surface area contributed by atoms with Gasteiger partial charge in [0.1, 0.15) is 12.2 Å². The van der Waals surface area contributed by atoms with Gasteiger partial charge in [0.2, 0.25) is 0 Å². The molecular weight excluding hydrogens is 280 g/mol. The van der Waals surface area contributed by atoms with Crippen molar-refractivity contribution in [2.75, 3.05) is 5.75 Å². The highest BCUT2D eigenvalue weighted by Gasteiger charge is 2.19. The summed E-state index contributed by atoms with van der Waals surface area (Å²) in [5.41, 5.74) is 1.32. The first-order valence-corrected chi connectivity index (χ1v) is 8.06. The maximum Gasteiger partial charge on any atom is 0.261 e. The van der Waals surface area contributed by atoms with Crippen LogP contribution in [0.3, 0.4) is 0 Å². The van der Waals surface area contributed by atoms with Gasteiger partial charge in [0.05, 0.1) is 10.9 Å². The van der Waals surface area contributed by atoms with Gasteiger partial charge in [-0.25, -0.2) is 4.98 Å². The molecule has 0 saturated heterocycles. The summed E-state index contributed by atoms with van der Waals surface area (Å²) in [4.78, 5) is 18.4. The van der Waals surface area contributed by atoms with Gasteiger partial charge in [0.15, 0.2) is 0 Å². The zero-order valence-corrected chi connectivity index (χ0v) is 12.1. The number of fused-ring (bicyclic) bond motifs is 1. The number of H-pyrrole nitrogens is 1. The quantitative estimate of drug-likeness (QED) is 0.910. The van der Waals surface area contributed by atoms with Crippen molar-refractivity contribution in [1.29, 1.82) is 0 Å². The lowest BCUT2D eigenvalue weighted by Gasteiger charge is -2.09. The van der Waals surface area contributed by atoms with Crippen LogP contribution in [-0.4, -0.2) is 26.8 Å². The Morgan fingerprint density at radius 1 is 1.58 bits per heavy atom. The van der Waals surface area contributed by atoms with E-state index in [4.69, 9.17) is 0 Å². The van der Waals surface area contributed by atoms with Crippen molar-refractivity contribution in [2.45, 2.75) is 25.1 Å². The van der Waals surface area contributed by atoms with Crippen molar-refractivity contribution in [3.8, 4) is 0 Å². The molecule has 0 fully saturated rings. The highest BCUT2D eigenvalue weighted by molar-refractivity contribution is 7.98. The molecule has 0 aliphatic carbocycles. The molecular formula is C12H14N4OS2. The van der Waals surface area contributed by atoms with Crippen LogP contribution in [0.2, 0.25) is 0 Å². The molecule has 1 amide bonds. The van der Waals surface area contributed by atoms with E-state index in [1.807, 2.05) is 24.8 Å². The number of rotatable bonds is 3. The molecule has 0 bridgehead atoms. The number of aromatic nitrogens is 3. The minimum atomic E-state index is -0.163. The average molecular weight is 294 g/mol. The Kier molecular flexibility index (Phi) is 3.56. The minimum Gasteiger partial charge on any atom is -0.342 e. The van der Waals surface area contributed by atoms with Crippen molar-refractivity contribution < 1.29 is 4.79 Å². The third-order valence-corrected chi connectivity index (χ3v) is 5.29.